The van der Waals surface area contributed by atoms with Gasteiger partial charge in [-0.3, -0.25) is 0 Å². The number of ether oxygens (including phenoxy) is 1. The molecule has 35 heavy (non-hydrogen) atoms. The van der Waals surface area contributed by atoms with Crippen LogP contribution in [0.15, 0.2) is 66.3 Å². The van der Waals surface area contributed by atoms with Crippen LogP contribution in [-0.4, -0.2) is 54.3 Å². The maximum atomic E-state index is 8.49. The molecule has 1 aliphatic rings. The minimum atomic E-state index is -4.94. The van der Waals surface area contributed by atoms with Crippen LogP contribution < -0.4 is 28.3 Å². The van der Waals surface area contributed by atoms with Crippen molar-refractivity contribution >= 4 is 39.7 Å². The van der Waals surface area contributed by atoms with Crippen molar-refractivity contribution in [2.75, 3.05) is 40.2 Å². The topological polar surface area (TPSA) is 134 Å². The standard InChI is InChI=1S/C24H25N4OS.ClHO4/c1-27(2)18-10-6-16(7-11-18)22(17-8-12-19(13-9-17)28(3)4)20-14-15-21(29-5)24-23(20)25-30-26-24;2-1(3,4)5/h6-15H,1-5H3;(H,2,3,4,5)/q+1;/p-1. The van der Waals surface area contributed by atoms with Gasteiger partial charge < -0.3 is 9.64 Å². The number of methoxy groups -OCH3 is 1. The lowest BCUT2D eigenvalue weighted by molar-refractivity contribution is -2.00. The molecule has 184 valence electrons. The van der Waals surface area contributed by atoms with E-state index < -0.39 is 10.2 Å². The van der Waals surface area contributed by atoms with Crippen molar-refractivity contribution in [3.8, 4) is 5.75 Å². The van der Waals surface area contributed by atoms with Gasteiger partial charge in [-0.1, -0.05) is 12.1 Å². The van der Waals surface area contributed by atoms with Gasteiger partial charge in [-0.2, -0.15) is 8.75 Å². The Morgan fingerprint density at radius 3 is 1.97 bits per heavy atom. The number of fused-ring (bicyclic) bond motifs is 1. The summed E-state index contributed by atoms with van der Waals surface area (Å²) in [7, 11) is 4.92. The molecule has 1 aromatic heterocycles. The molecule has 0 unspecified atom stereocenters. The lowest BCUT2D eigenvalue weighted by Crippen LogP contribution is -2.68. The quantitative estimate of drug-likeness (QED) is 0.430. The maximum Gasteiger partial charge on any atom is 0.199 e. The first-order valence-corrected chi connectivity index (χ1v) is 12.3. The molecule has 0 spiro atoms. The Kier molecular flexibility index (Phi) is 8.39. The minimum absolute atomic E-state index is 0.743. The highest BCUT2D eigenvalue weighted by Gasteiger charge is 2.19. The van der Waals surface area contributed by atoms with Crippen molar-refractivity contribution in [1.82, 2.24) is 8.75 Å². The summed E-state index contributed by atoms with van der Waals surface area (Å²) in [6.07, 6.45) is 8.62. The first kappa shape index (κ1) is 26.5. The summed E-state index contributed by atoms with van der Waals surface area (Å²) in [4.78, 5) is 2.10. The Labute approximate surface area is 209 Å². The van der Waals surface area contributed by atoms with E-state index in [1.807, 2.05) is 34.3 Å². The second kappa shape index (κ2) is 11.1. The van der Waals surface area contributed by atoms with Crippen molar-refractivity contribution in [3.63, 3.8) is 0 Å². The summed E-state index contributed by atoms with van der Waals surface area (Å²) in [5.41, 5.74) is 8.44. The highest BCUT2D eigenvalue weighted by molar-refractivity contribution is 7.00. The van der Waals surface area contributed by atoms with E-state index in [1.165, 1.54) is 11.7 Å². The van der Waals surface area contributed by atoms with Gasteiger partial charge in [0.2, 0.25) is 0 Å². The maximum absolute atomic E-state index is 8.49. The summed E-state index contributed by atoms with van der Waals surface area (Å²) >= 11 is 1.21. The molecule has 0 fully saturated rings. The first-order chi connectivity index (χ1) is 16.5. The van der Waals surface area contributed by atoms with Crippen LogP contribution >= 0.6 is 11.7 Å². The Morgan fingerprint density at radius 1 is 0.886 bits per heavy atom. The molecule has 0 bridgehead atoms. The molecule has 4 rings (SSSR count). The molecule has 2 aromatic carbocycles. The summed E-state index contributed by atoms with van der Waals surface area (Å²) in [6, 6.07) is 12.7. The Balaban J connectivity index is 0.000000623. The molecule has 1 heterocycles. The Morgan fingerprint density at radius 2 is 1.46 bits per heavy atom. The number of halogens is 1. The van der Waals surface area contributed by atoms with Gasteiger partial charge in [0.1, 0.15) is 30.9 Å². The average Bonchev–Trinajstić information content (AvgIpc) is 3.29. The highest BCUT2D eigenvalue weighted by atomic mass is 35.7. The number of nitrogens with zero attached hydrogens (tertiary/aromatic N) is 4. The van der Waals surface area contributed by atoms with Crippen LogP contribution in [0.5, 0.6) is 5.75 Å². The fourth-order valence-corrected chi connectivity index (χ4v) is 4.11. The van der Waals surface area contributed by atoms with E-state index in [0.717, 1.165) is 50.5 Å². The molecule has 9 nitrogen and oxygen atoms in total. The van der Waals surface area contributed by atoms with Crippen molar-refractivity contribution in [2.24, 2.45) is 0 Å². The molecule has 0 aliphatic heterocycles. The molecular formula is C24H25ClN4O5S. The number of rotatable bonds is 4. The van der Waals surface area contributed by atoms with E-state index in [4.69, 9.17) is 23.4 Å². The molecule has 11 heteroatoms. The zero-order valence-electron chi connectivity index (χ0n) is 19.9. The zero-order chi connectivity index (χ0) is 25.8. The first-order valence-electron chi connectivity index (χ1n) is 10.3. The molecule has 0 saturated heterocycles. The van der Waals surface area contributed by atoms with Crippen molar-refractivity contribution in [1.29, 1.82) is 0 Å². The van der Waals surface area contributed by atoms with Gasteiger partial charge in [0.15, 0.2) is 5.71 Å². The number of hydrogen-bond acceptors (Lipinski definition) is 9. The third-order valence-corrected chi connectivity index (χ3v) is 5.74. The van der Waals surface area contributed by atoms with E-state index in [2.05, 4.69) is 72.9 Å². The van der Waals surface area contributed by atoms with Crippen molar-refractivity contribution < 1.29 is 38.2 Å². The SMILES string of the molecule is COc1ccc(C(=C2C=CC(=[N+](C)C)C=C2)c2ccc(N(C)C)cc2)c2nsnc12.[O-][Cl+3]([O-])([O-])[O-]. The second-order valence-electron chi connectivity index (χ2n) is 7.91. The van der Waals surface area contributed by atoms with Gasteiger partial charge in [0.25, 0.3) is 0 Å². The summed E-state index contributed by atoms with van der Waals surface area (Å²) in [5, 5.41) is 0. The van der Waals surface area contributed by atoms with Gasteiger partial charge in [0.05, 0.1) is 18.8 Å². The van der Waals surface area contributed by atoms with Gasteiger partial charge in [-0.15, -0.1) is 10.2 Å². The molecule has 3 aromatic rings. The van der Waals surface area contributed by atoms with Crippen LogP contribution in [0, 0.1) is 10.2 Å². The summed E-state index contributed by atoms with van der Waals surface area (Å²) < 4.78 is 50.7. The predicted octanol–water partition coefficient (Wildman–Crippen LogP) is -0.349. The largest absolute Gasteiger partial charge is 0.494 e. The minimum Gasteiger partial charge on any atom is -0.494 e. The summed E-state index contributed by atoms with van der Waals surface area (Å²) in [5.74, 6) is 0.743. The second-order valence-corrected chi connectivity index (χ2v) is 9.20. The molecular weight excluding hydrogens is 492 g/mol. The van der Waals surface area contributed by atoms with Crippen LogP contribution in [0.25, 0.3) is 16.6 Å². The van der Waals surface area contributed by atoms with E-state index in [9.17, 15) is 0 Å². The van der Waals surface area contributed by atoms with Crippen LogP contribution in [0.1, 0.15) is 11.1 Å². The number of aromatic nitrogens is 2. The highest BCUT2D eigenvalue weighted by Crippen LogP contribution is 2.37. The monoisotopic (exact) mass is 516 g/mol. The molecule has 0 saturated carbocycles. The molecule has 0 atom stereocenters. The lowest BCUT2D eigenvalue weighted by atomic mass is 9.90. The lowest BCUT2D eigenvalue weighted by Gasteiger charge is -2.17. The third kappa shape index (κ3) is 6.73. The fraction of sp³-hybridized carbons (Fsp3) is 0.208. The average molecular weight is 517 g/mol. The zero-order valence-corrected chi connectivity index (χ0v) is 21.5. The van der Waals surface area contributed by atoms with E-state index in [1.54, 1.807) is 7.11 Å². The van der Waals surface area contributed by atoms with Crippen LogP contribution in [-0.2, 0) is 0 Å². The number of benzene rings is 2. The van der Waals surface area contributed by atoms with Crippen LogP contribution in [0.2, 0.25) is 0 Å². The normalized spacial score (nSPS) is 12.9. The predicted molar refractivity (Wildman–Crippen MR) is 126 cm³/mol. The van der Waals surface area contributed by atoms with Gasteiger partial charge in [-0.25, -0.2) is 23.2 Å². The Bertz CT molecular complexity index is 1290. The Hall–Kier alpha value is -3.12. The van der Waals surface area contributed by atoms with Crippen molar-refractivity contribution in [2.45, 2.75) is 0 Å². The van der Waals surface area contributed by atoms with Gasteiger partial charge in [-0.05, 0) is 53.1 Å². The van der Waals surface area contributed by atoms with E-state index in [0.29, 0.717) is 0 Å². The van der Waals surface area contributed by atoms with E-state index in [-0.39, 0.29) is 0 Å². The summed E-state index contributed by atoms with van der Waals surface area (Å²) in [6.45, 7) is 0. The third-order valence-electron chi connectivity index (χ3n) is 5.21. The van der Waals surface area contributed by atoms with Gasteiger partial charge in [0, 0.05) is 37.5 Å². The van der Waals surface area contributed by atoms with Crippen LogP contribution in [0.4, 0.5) is 5.69 Å². The number of anilines is 1. The van der Waals surface area contributed by atoms with Crippen molar-refractivity contribution in [3.05, 3.63) is 77.4 Å². The number of hydrogen-bond donors (Lipinski definition) is 0. The molecule has 0 N–H and O–H groups in total. The molecule has 1 aliphatic carbocycles. The fourth-order valence-electron chi connectivity index (χ4n) is 3.54. The van der Waals surface area contributed by atoms with Gasteiger partial charge >= 0.3 is 0 Å². The van der Waals surface area contributed by atoms with Crippen LogP contribution in [0.3, 0.4) is 0 Å². The molecule has 0 radical (unpaired) electrons. The number of allylic oxidation sites excluding steroid dienone is 5. The molecule has 0 amide bonds. The smallest absolute Gasteiger partial charge is 0.199 e. The van der Waals surface area contributed by atoms with E-state index >= 15 is 0 Å².